The molecule has 24 heavy (non-hydrogen) atoms. The zero-order valence-corrected chi connectivity index (χ0v) is 15.8. The molecule has 0 saturated carbocycles. The molecule has 1 aliphatic rings. The fraction of sp³-hybridized carbons (Fsp3) is 0.625. The maximum absolute atomic E-state index is 12.4. The summed E-state index contributed by atoms with van der Waals surface area (Å²) in [7, 11) is -3.49. The van der Waals surface area contributed by atoms with Gasteiger partial charge in [0.15, 0.2) is 0 Å². The predicted molar refractivity (Wildman–Crippen MR) is 96.4 cm³/mol. The fourth-order valence-corrected chi connectivity index (χ4v) is 4.40. The number of halogens is 1. The van der Waals surface area contributed by atoms with Crippen LogP contribution in [0.1, 0.15) is 25.5 Å². The Morgan fingerprint density at radius 1 is 1.25 bits per heavy atom. The second kappa shape index (κ2) is 9.12. The van der Waals surface area contributed by atoms with Gasteiger partial charge in [0.1, 0.15) is 0 Å². The number of nitrogens with zero attached hydrogens (tertiary/aromatic N) is 2. The Labute approximate surface area is 149 Å². The molecule has 6 nitrogen and oxygen atoms in total. The number of hydrogen-bond donors (Lipinski definition) is 1. The first kappa shape index (κ1) is 19.6. The van der Waals surface area contributed by atoms with Crippen molar-refractivity contribution < 1.29 is 13.2 Å². The normalized spacial score (nSPS) is 18.0. The average molecular weight is 376 g/mol. The number of rotatable bonds is 8. The molecule has 2 rings (SSSR count). The quantitative estimate of drug-likeness (QED) is 0.753. The van der Waals surface area contributed by atoms with Crippen LogP contribution in [0.2, 0.25) is 5.02 Å². The highest BCUT2D eigenvalue weighted by Gasteiger charge is 2.27. The van der Waals surface area contributed by atoms with Crippen LogP contribution in [0.15, 0.2) is 24.3 Å². The van der Waals surface area contributed by atoms with Crippen LogP contribution >= 0.6 is 11.6 Å². The van der Waals surface area contributed by atoms with Gasteiger partial charge < -0.3 is 4.74 Å². The van der Waals surface area contributed by atoms with Crippen molar-refractivity contribution in [3.8, 4) is 0 Å². The summed E-state index contributed by atoms with van der Waals surface area (Å²) in [6, 6.07) is 7.47. The Kier molecular flexibility index (Phi) is 7.46. The molecule has 1 atom stereocenters. The third-order valence-corrected chi connectivity index (χ3v) is 6.33. The molecule has 136 valence electrons. The lowest BCUT2D eigenvalue weighted by molar-refractivity contribution is 0.0171. The van der Waals surface area contributed by atoms with Crippen LogP contribution in [0.5, 0.6) is 0 Å². The van der Waals surface area contributed by atoms with Crippen LogP contribution in [0.3, 0.4) is 0 Å². The van der Waals surface area contributed by atoms with E-state index in [-0.39, 0.29) is 12.6 Å². The van der Waals surface area contributed by atoms with Gasteiger partial charge in [0.05, 0.1) is 19.3 Å². The van der Waals surface area contributed by atoms with Gasteiger partial charge in [-0.1, -0.05) is 43.6 Å². The average Bonchev–Trinajstić information content (AvgIpc) is 2.58. The maximum atomic E-state index is 12.4. The van der Waals surface area contributed by atoms with E-state index in [1.54, 1.807) is 0 Å². The molecule has 1 aromatic carbocycles. The minimum Gasteiger partial charge on any atom is -0.379 e. The summed E-state index contributed by atoms with van der Waals surface area (Å²) in [5.41, 5.74) is 0.934. The van der Waals surface area contributed by atoms with E-state index in [2.05, 4.69) is 9.62 Å². The van der Waals surface area contributed by atoms with Gasteiger partial charge in [-0.15, -0.1) is 0 Å². The predicted octanol–water partition coefficient (Wildman–Crippen LogP) is 1.89. The van der Waals surface area contributed by atoms with Crippen LogP contribution in [0, 0.1) is 0 Å². The molecular formula is C16H26ClN3O3S. The number of benzene rings is 1. The van der Waals surface area contributed by atoms with E-state index in [1.165, 1.54) is 4.31 Å². The highest BCUT2D eigenvalue weighted by atomic mass is 35.5. The molecule has 1 fully saturated rings. The standard InChI is InChI=1S/C16H26ClN3O3S/c1-3-20(4-2)24(21,22)18-13-16(19-9-11-23-12-10-19)14-7-5-6-8-15(14)17/h5-8,16,18H,3-4,9-13H2,1-2H3/t16-/m1/s1. The molecule has 1 heterocycles. The third-order valence-electron chi connectivity index (χ3n) is 4.26. The van der Waals surface area contributed by atoms with Gasteiger partial charge in [-0.3, -0.25) is 4.90 Å². The first-order valence-electron chi connectivity index (χ1n) is 8.30. The zero-order chi connectivity index (χ0) is 17.6. The van der Waals surface area contributed by atoms with E-state index in [1.807, 2.05) is 38.1 Å². The smallest absolute Gasteiger partial charge is 0.279 e. The summed E-state index contributed by atoms with van der Waals surface area (Å²) < 4.78 is 34.4. The van der Waals surface area contributed by atoms with Crippen molar-refractivity contribution in [3.63, 3.8) is 0 Å². The zero-order valence-electron chi connectivity index (χ0n) is 14.2. The fourth-order valence-electron chi connectivity index (χ4n) is 2.91. The van der Waals surface area contributed by atoms with Gasteiger partial charge in [0, 0.05) is 37.7 Å². The van der Waals surface area contributed by atoms with Crippen molar-refractivity contribution in [2.45, 2.75) is 19.9 Å². The van der Waals surface area contributed by atoms with Crippen molar-refractivity contribution in [3.05, 3.63) is 34.9 Å². The first-order valence-corrected chi connectivity index (χ1v) is 10.1. The van der Waals surface area contributed by atoms with Crippen LogP contribution < -0.4 is 4.72 Å². The second-order valence-electron chi connectivity index (χ2n) is 5.62. The van der Waals surface area contributed by atoms with E-state index in [4.69, 9.17) is 16.3 Å². The molecule has 1 aromatic rings. The number of ether oxygens (including phenoxy) is 1. The van der Waals surface area contributed by atoms with Crippen molar-refractivity contribution in [1.29, 1.82) is 0 Å². The van der Waals surface area contributed by atoms with Crippen molar-refractivity contribution >= 4 is 21.8 Å². The van der Waals surface area contributed by atoms with Gasteiger partial charge in [0.2, 0.25) is 0 Å². The van der Waals surface area contributed by atoms with Crippen LogP contribution in [0.4, 0.5) is 0 Å². The van der Waals surface area contributed by atoms with E-state index >= 15 is 0 Å². The summed E-state index contributed by atoms with van der Waals surface area (Å²) in [6.07, 6.45) is 0. The Morgan fingerprint density at radius 2 is 1.88 bits per heavy atom. The van der Waals surface area contributed by atoms with Gasteiger partial charge >= 0.3 is 0 Å². The molecule has 1 saturated heterocycles. The minimum absolute atomic E-state index is 0.118. The molecule has 0 unspecified atom stereocenters. The summed E-state index contributed by atoms with van der Waals surface area (Å²) in [5, 5.41) is 0.649. The molecule has 0 bridgehead atoms. The third kappa shape index (κ3) is 4.91. The van der Waals surface area contributed by atoms with Gasteiger partial charge in [-0.05, 0) is 11.6 Å². The Morgan fingerprint density at radius 3 is 2.46 bits per heavy atom. The minimum atomic E-state index is -3.49. The van der Waals surface area contributed by atoms with Crippen LogP contribution in [0.25, 0.3) is 0 Å². The van der Waals surface area contributed by atoms with Crippen LogP contribution in [-0.2, 0) is 14.9 Å². The molecule has 1 N–H and O–H groups in total. The molecule has 0 aromatic heterocycles. The Balaban J connectivity index is 2.19. The summed E-state index contributed by atoms with van der Waals surface area (Å²) >= 11 is 6.36. The molecule has 0 aliphatic carbocycles. The second-order valence-corrected chi connectivity index (χ2v) is 7.79. The monoisotopic (exact) mass is 375 g/mol. The maximum Gasteiger partial charge on any atom is 0.279 e. The molecule has 1 aliphatic heterocycles. The molecule has 0 spiro atoms. The van der Waals surface area contributed by atoms with Gasteiger partial charge in [-0.2, -0.15) is 12.7 Å². The van der Waals surface area contributed by atoms with E-state index in [0.717, 1.165) is 18.7 Å². The van der Waals surface area contributed by atoms with Gasteiger partial charge in [-0.25, -0.2) is 4.72 Å². The van der Waals surface area contributed by atoms with E-state index in [9.17, 15) is 8.42 Å². The lowest BCUT2D eigenvalue weighted by Crippen LogP contribution is -2.47. The number of morpholine rings is 1. The lowest BCUT2D eigenvalue weighted by atomic mass is 10.0. The largest absolute Gasteiger partial charge is 0.379 e. The summed E-state index contributed by atoms with van der Waals surface area (Å²) in [6.45, 7) is 7.62. The van der Waals surface area contributed by atoms with E-state index in [0.29, 0.717) is 31.3 Å². The van der Waals surface area contributed by atoms with Crippen molar-refractivity contribution in [2.75, 3.05) is 45.9 Å². The Hall–Kier alpha value is -0.700. The van der Waals surface area contributed by atoms with Crippen molar-refractivity contribution in [2.24, 2.45) is 0 Å². The molecule has 0 radical (unpaired) electrons. The Bertz CT molecular complexity index is 617. The lowest BCUT2D eigenvalue weighted by Gasteiger charge is -2.35. The number of hydrogen-bond acceptors (Lipinski definition) is 4. The summed E-state index contributed by atoms with van der Waals surface area (Å²) in [5.74, 6) is 0. The molecule has 0 amide bonds. The first-order chi connectivity index (χ1) is 11.5. The van der Waals surface area contributed by atoms with Crippen molar-refractivity contribution in [1.82, 2.24) is 13.9 Å². The number of nitrogens with one attached hydrogen (secondary N) is 1. The van der Waals surface area contributed by atoms with Gasteiger partial charge in [0.25, 0.3) is 10.2 Å². The van der Waals surface area contributed by atoms with E-state index < -0.39 is 10.2 Å². The summed E-state index contributed by atoms with van der Waals surface area (Å²) in [4.78, 5) is 2.22. The SMILES string of the molecule is CCN(CC)S(=O)(=O)NC[C@H](c1ccccc1Cl)N1CCOCC1. The van der Waals surface area contributed by atoms with Crippen LogP contribution in [-0.4, -0.2) is 63.6 Å². The topological polar surface area (TPSA) is 61.9 Å². The highest BCUT2D eigenvalue weighted by Crippen LogP contribution is 2.28. The highest BCUT2D eigenvalue weighted by molar-refractivity contribution is 7.87. The molecular weight excluding hydrogens is 350 g/mol. The molecule has 8 heteroatoms.